The van der Waals surface area contributed by atoms with Crippen LogP contribution in [0.15, 0.2) is 24.3 Å². The van der Waals surface area contributed by atoms with Crippen LogP contribution in [0.2, 0.25) is 0 Å². The fourth-order valence-corrected chi connectivity index (χ4v) is 1.68. The van der Waals surface area contributed by atoms with E-state index >= 15 is 0 Å². The van der Waals surface area contributed by atoms with Gasteiger partial charge in [0.05, 0.1) is 12.1 Å². The number of alkyl halides is 1. The highest BCUT2D eigenvalue weighted by Crippen LogP contribution is 2.22. The first-order valence-corrected chi connectivity index (χ1v) is 5.83. The summed E-state index contributed by atoms with van der Waals surface area (Å²) < 4.78 is 12.0. The topological polar surface area (TPSA) is 37.3 Å². The quantitative estimate of drug-likeness (QED) is 0.826. The third kappa shape index (κ3) is 4.17. The van der Waals surface area contributed by atoms with E-state index in [1.54, 1.807) is 13.8 Å². The average Bonchev–Trinajstić information content (AvgIpc) is 2.27. The summed E-state index contributed by atoms with van der Waals surface area (Å²) in [6.45, 7) is 3.13. The van der Waals surface area contributed by atoms with Crippen LogP contribution in [0.1, 0.15) is 31.4 Å². The second kappa shape index (κ2) is 5.80. The van der Waals surface area contributed by atoms with Crippen LogP contribution in [-0.2, 0) is 17.6 Å². The van der Waals surface area contributed by atoms with Crippen LogP contribution in [0.25, 0.3) is 0 Å². The molecule has 2 nitrogen and oxygen atoms in total. The maximum atomic E-state index is 12.0. The summed E-state index contributed by atoms with van der Waals surface area (Å²) in [5, 5.41) is 9.03. The molecule has 1 N–H and O–H groups in total. The molecule has 1 aromatic rings. The van der Waals surface area contributed by atoms with E-state index in [9.17, 15) is 9.18 Å². The van der Waals surface area contributed by atoms with Gasteiger partial charge in [-0.2, -0.15) is 0 Å². The number of benzene rings is 1. The standard InChI is InChI=1S/C14H19FO2/c1-14(2,13(16)17)10-12-7-5-11(6-8-12)4-3-9-15/h5-8H,3-4,9-10H2,1-2H3,(H,16,17). The van der Waals surface area contributed by atoms with Crippen LogP contribution >= 0.6 is 0 Å². The van der Waals surface area contributed by atoms with Crippen LogP contribution in [-0.4, -0.2) is 17.8 Å². The Hall–Kier alpha value is -1.38. The predicted octanol–water partition coefficient (Wildman–Crippen LogP) is 3.24. The molecule has 0 aliphatic heterocycles. The van der Waals surface area contributed by atoms with Gasteiger partial charge in [-0.1, -0.05) is 24.3 Å². The van der Waals surface area contributed by atoms with Crippen LogP contribution in [0, 0.1) is 5.41 Å². The highest BCUT2D eigenvalue weighted by atomic mass is 19.1. The molecule has 17 heavy (non-hydrogen) atoms. The summed E-state index contributed by atoms with van der Waals surface area (Å²) in [5.74, 6) is -0.793. The molecule has 0 heterocycles. The molecular formula is C14H19FO2. The van der Waals surface area contributed by atoms with Gasteiger partial charge in [0.1, 0.15) is 0 Å². The third-order valence-corrected chi connectivity index (χ3v) is 2.85. The van der Waals surface area contributed by atoms with Gasteiger partial charge >= 0.3 is 5.97 Å². The molecule has 0 spiro atoms. The molecule has 0 saturated carbocycles. The average molecular weight is 238 g/mol. The number of hydrogen-bond acceptors (Lipinski definition) is 1. The Morgan fingerprint density at radius 3 is 2.24 bits per heavy atom. The van der Waals surface area contributed by atoms with Crippen molar-refractivity contribution in [1.29, 1.82) is 0 Å². The number of carbonyl (C=O) groups is 1. The minimum atomic E-state index is -0.793. The van der Waals surface area contributed by atoms with Gasteiger partial charge < -0.3 is 5.11 Å². The van der Waals surface area contributed by atoms with Crippen molar-refractivity contribution >= 4 is 5.97 Å². The van der Waals surface area contributed by atoms with Crippen LogP contribution < -0.4 is 0 Å². The monoisotopic (exact) mass is 238 g/mol. The Balaban J connectivity index is 2.65. The molecule has 0 radical (unpaired) electrons. The zero-order chi connectivity index (χ0) is 12.9. The minimum absolute atomic E-state index is 0.298. The van der Waals surface area contributed by atoms with E-state index in [0.29, 0.717) is 12.8 Å². The molecule has 0 aliphatic carbocycles. The second-order valence-electron chi connectivity index (χ2n) is 4.97. The van der Waals surface area contributed by atoms with Crippen molar-refractivity contribution < 1.29 is 14.3 Å². The maximum Gasteiger partial charge on any atom is 0.309 e. The van der Waals surface area contributed by atoms with Crippen molar-refractivity contribution in [3.05, 3.63) is 35.4 Å². The van der Waals surface area contributed by atoms with Gasteiger partial charge in [0, 0.05) is 0 Å². The fourth-order valence-electron chi connectivity index (χ4n) is 1.68. The fraction of sp³-hybridized carbons (Fsp3) is 0.500. The van der Waals surface area contributed by atoms with Gasteiger partial charge in [0.25, 0.3) is 0 Å². The summed E-state index contributed by atoms with van der Waals surface area (Å²) in [6.07, 6.45) is 1.78. The summed E-state index contributed by atoms with van der Waals surface area (Å²) >= 11 is 0. The van der Waals surface area contributed by atoms with Gasteiger partial charge in [0.15, 0.2) is 0 Å². The van der Waals surface area contributed by atoms with Crippen LogP contribution in [0.3, 0.4) is 0 Å². The van der Waals surface area contributed by atoms with E-state index < -0.39 is 11.4 Å². The van der Waals surface area contributed by atoms with Crippen molar-refractivity contribution in [3.63, 3.8) is 0 Å². The molecule has 0 unspecified atom stereocenters. The number of aliphatic carboxylic acids is 1. The number of aryl methyl sites for hydroxylation is 1. The highest BCUT2D eigenvalue weighted by Gasteiger charge is 2.27. The van der Waals surface area contributed by atoms with Crippen molar-refractivity contribution in [2.45, 2.75) is 33.1 Å². The zero-order valence-corrected chi connectivity index (χ0v) is 10.4. The number of hydrogen-bond donors (Lipinski definition) is 1. The normalized spacial score (nSPS) is 11.5. The molecule has 0 atom stereocenters. The molecule has 0 aliphatic rings. The lowest BCUT2D eigenvalue weighted by Crippen LogP contribution is -2.26. The summed E-state index contributed by atoms with van der Waals surface area (Å²) in [5.41, 5.74) is 1.35. The molecule has 0 aromatic heterocycles. The molecular weight excluding hydrogens is 219 g/mol. The largest absolute Gasteiger partial charge is 0.481 e. The molecule has 0 fully saturated rings. The van der Waals surface area contributed by atoms with Gasteiger partial charge in [-0.15, -0.1) is 0 Å². The molecule has 0 saturated heterocycles. The summed E-state index contributed by atoms with van der Waals surface area (Å²) in [7, 11) is 0. The van der Waals surface area contributed by atoms with Gasteiger partial charge in [-0.05, 0) is 44.2 Å². The molecule has 0 bridgehead atoms. The van der Waals surface area contributed by atoms with Crippen molar-refractivity contribution in [3.8, 4) is 0 Å². The molecule has 3 heteroatoms. The maximum absolute atomic E-state index is 12.0. The molecule has 0 amide bonds. The van der Waals surface area contributed by atoms with E-state index in [1.165, 1.54) is 0 Å². The van der Waals surface area contributed by atoms with Crippen molar-refractivity contribution in [1.82, 2.24) is 0 Å². The Labute approximate surface area is 101 Å². The number of halogens is 1. The smallest absolute Gasteiger partial charge is 0.309 e. The van der Waals surface area contributed by atoms with E-state index in [0.717, 1.165) is 17.5 Å². The van der Waals surface area contributed by atoms with E-state index in [2.05, 4.69) is 0 Å². The van der Waals surface area contributed by atoms with E-state index in [4.69, 9.17) is 5.11 Å². The first kappa shape index (κ1) is 13.7. The lowest BCUT2D eigenvalue weighted by Gasteiger charge is -2.19. The molecule has 1 aromatic carbocycles. The summed E-state index contributed by atoms with van der Waals surface area (Å²) in [4.78, 5) is 11.0. The number of carboxylic acid groups (broad SMARTS) is 1. The summed E-state index contributed by atoms with van der Waals surface area (Å²) in [6, 6.07) is 7.75. The van der Waals surface area contributed by atoms with Gasteiger partial charge in [-0.25, -0.2) is 0 Å². The van der Waals surface area contributed by atoms with Crippen LogP contribution in [0.5, 0.6) is 0 Å². The second-order valence-corrected chi connectivity index (χ2v) is 4.97. The van der Waals surface area contributed by atoms with E-state index in [1.807, 2.05) is 24.3 Å². The lowest BCUT2D eigenvalue weighted by atomic mass is 9.85. The Morgan fingerprint density at radius 2 is 1.76 bits per heavy atom. The zero-order valence-electron chi connectivity index (χ0n) is 10.4. The predicted molar refractivity (Wildman–Crippen MR) is 65.9 cm³/mol. The van der Waals surface area contributed by atoms with Crippen molar-refractivity contribution in [2.24, 2.45) is 5.41 Å². The third-order valence-electron chi connectivity index (χ3n) is 2.85. The highest BCUT2D eigenvalue weighted by molar-refractivity contribution is 5.74. The first-order chi connectivity index (χ1) is 7.95. The minimum Gasteiger partial charge on any atom is -0.481 e. The molecule has 1 rings (SSSR count). The SMILES string of the molecule is CC(C)(Cc1ccc(CCCF)cc1)C(=O)O. The Bertz CT molecular complexity index is 368. The van der Waals surface area contributed by atoms with Crippen molar-refractivity contribution in [2.75, 3.05) is 6.67 Å². The number of rotatable bonds is 6. The molecule has 94 valence electrons. The lowest BCUT2D eigenvalue weighted by molar-refractivity contribution is -0.146. The number of carboxylic acids is 1. The van der Waals surface area contributed by atoms with Gasteiger partial charge in [0.2, 0.25) is 0 Å². The Morgan fingerprint density at radius 1 is 1.24 bits per heavy atom. The van der Waals surface area contributed by atoms with E-state index in [-0.39, 0.29) is 6.67 Å². The Kier molecular flexibility index (Phi) is 4.67. The van der Waals surface area contributed by atoms with Gasteiger partial charge in [-0.3, -0.25) is 9.18 Å². The first-order valence-electron chi connectivity index (χ1n) is 5.83. The van der Waals surface area contributed by atoms with Crippen LogP contribution in [0.4, 0.5) is 4.39 Å².